The number of carbonyl (C=O) groups excluding carboxylic acids is 2. The summed E-state index contributed by atoms with van der Waals surface area (Å²) < 4.78 is 18.7. The molecule has 2 aromatic heterocycles. The van der Waals surface area contributed by atoms with E-state index in [0.717, 1.165) is 5.56 Å². The van der Waals surface area contributed by atoms with Crippen molar-refractivity contribution < 1.29 is 18.7 Å². The fourth-order valence-corrected chi connectivity index (χ4v) is 3.13. The van der Waals surface area contributed by atoms with E-state index in [2.05, 4.69) is 20.3 Å². The van der Waals surface area contributed by atoms with Crippen molar-refractivity contribution in [2.24, 2.45) is 5.73 Å². The number of nitrogens with two attached hydrogens (primary N) is 1. The number of primary amides is 1. The Morgan fingerprint density at radius 2 is 1.73 bits per heavy atom. The van der Waals surface area contributed by atoms with Gasteiger partial charge in [-0.3, -0.25) is 9.59 Å². The van der Waals surface area contributed by atoms with Crippen LogP contribution in [0.4, 0.5) is 4.39 Å². The van der Waals surface area contributed by atoms with Crippen molar-refractivity contribution in [3.05, 3.63) is 96.5 Å². The second-order valence-corrected chi connectivity index (χ2v) is 7.20. The van der Waals surface area contributed by atoms with Crippen LogP contribution >= 0.6 is 0 Å². The standard InChI is InChI=1S/C24H20FN5O3/c25-16-6-10-19(11-7-16)33-18-8-4-15(5-9-18)20-2-1-3-21(29-20)24(32)30-22(23(26)31)12-17-13-27-14-28-17/h1-11,13-14,22H,12H2,(H2,26,31)(H,27,28)(H,30,32)/t22-/m0/s1. The quantitative estimate of drug-likeness (QED) is 0.384. The van der Waals surface area contributed by atoms with E-state index in [1.807, 2.05) is 0 Å². The first-order valence-corrected chi connectivity index (χ1v) is 10.1. The molecule has 0 saturated heterocycles. The van der Waals surface area contributed by atoms with Crippen LogP contribution in [0.1, 0.15) is 16.2 Å². The van der Waals surface area contributed by atoms with Crippen molar-refractivity contribution in [1.82, 2.24) is 20.3 Å². The first kappa shape index (κ1) is 21.7. The van der Waals surface area contributed by atoms with Gasteiger partial charge < -0.3 is 20.8 Å². The van der Waals surface area contributed by atoms with E-state index in [-0.39, 0.29) is 17.9 Å². The molecule has 8 nitrogen and oxygen atoms in total. The van der Waals surface area contributed by atoms with Gasteiger partial charge in [0.25, 0.3) is 5.91 Å². The average Bonchev–Trinajstić information content (AvgIpc) is 3.34. The molecular weight excluding hydrogens is 425 g/mol. The molecule has 9 heteroatoms. The minimum absolute atomic E-state index is 0.148. The van der Waals surface area contributed by atoms with E-state index in [4.69, 9.17) is 10.5 Å². The van der Waals surface area contributed by atoms with Crippen molar-refractivity contribution >= 4 is 11.8 Å². The number of benzene rings is 2. The molecule has 0 aliphatic carbocycles. The molecule has 4 N–H and O–H groups in total. The zero-order valence-electron chi connectivity index (χ0n) is 17.4. The minimum atomic E-state index is -0.911. The molecule has 33 heavy (non-hydrogen) atoms. The highest BCUT2D eigenvalue weighted by molar-refractivity contribution is 5.96. The van der Waals surface area contributed by atoms with Crippen LogP contribution in [0.5, 0.6) is 11.5 Å². The summed E-state index contributed by atoms with van der Waals surface area (Å²) >= 11 is 0. The van der Waals surface area contributed by atoms with Gasteiger partial charge in [-0.2, -0.15) is 0 Å². The molecule has 0 bridgehead atoms. The summed E-state index contributed by atoms with van der Waals surface area (Å²) in [4.78, 5) is 35.7. The smallest absolute Gasteiger partial charge is 0.270 e. The minimum Gasteiger partial charge on any atom is -0.457 e. The molecule has 0 spiro atoms. The predicted molar refractivity (Wildman–Crippen MR) is 119 cm³/mol. The van der Waals surface area contributed by atoms with Gasteiger partial charge in [0, 0.05) is 23.9 Å². The summed E-state index contributed by atoms with van der Waals surface area (Å²) in [6.45, 7) is 0. The Balaban J connectivity index is 1.45. The lowest BCUT2D eigenvalue weighted by Gasteiger charge is -2.14. The van der Waals surface area contributed by atoms with Gasteiger partial charge >= 0.3 is 0 Å². The summed E-state index contributed by atoms with van der Waals surface area (Å²) in [5.41, 5.74) is 7.59. The number of hydrogen-bond donors (Lipinski definition) is 3. The Morgan fingerprint density at radius 3 is 2.36 bits per heavy atom. The zero-order valence-corrected chi connectivity index (χ0v) is 17.4. The van der Waals surface area contributed by atoms with E-state index in [0.29, 0.717) is 22.9 Å². The molecule has 2 amide bonds. The number of ether oxygens (including phenoxy) is 1. The normalized spacial score (nSPS) is 11.5. The molecule has 0 aliphatic heterocycles. The van der Waals surface area contributed by atoms with Crippen LogP contribution < -0.4 is 15.8 Å². The third-order valence-electron chi connectivity index (χ3n) is 4.81. The van der Waals surface area contributed by atoms with Gasteiger partial charge in [-0.05, 0) is 60.7 Å². The SMILES string of the molecule is NC(=O)[C@H](Cc1cnc[nH]1)NC(=O)c1cccc(-c2ccc(Oc3ccc(F)cc3)cc2)n1. The number of H-pyrrole nitrogens is 1. The maximum Gasteiger partial charge on any atom is 0.270 e. The summed E-state index contributed by atoms with van der Waals surface area (Å²) in [6, 6.07) is 16.9. The topological polar surface area (TPSA) is 123 Å². The van der Waals surface area contributed by atoms with Crippen molar-refractivity contribution in [3.8, 4) is 22.8 Å². The Bertz CT molecular complexity index is 1240. The van der Waals surface area contributed by atoms with Crippen LogP contribution in [0.3, 0.4) is 0 Å². The van der Waals surface area contributed by atoms with E-state index in [1.165, 1.54) is 18.5 Å². The highest BCUT2D eigenvalue weighted by Gasteiger charge is 2.21. The third kappa shape index (κ3) is 5.59. The van der Waals surface area contributed by atoms with Gasteiger partial charge in [0.1, 0.15) is 29.1 Å². The molecular formula is C24H20FN5O3. The Labute approximate surface area is 188 Å². The van der Waals surface area contributed by atoms with Crippen molar-refractivity contribution in [2.75, 3.05) is 0 Å². The van der Waals surface area contributed by atoms with E-state index < -0.39 is 17.9 Å². The maximum atomic E-state index is 13.0. The largest absolute Gasteiger partial charge is 0.457 e. The fourth-order valence-electron chi connectivity index (χ4n) is 3.13. The summed E-state index contributed by atoms with van der Waals surface area (Å²) in [5.74, 6) is -0.430. The lowest BCUT2D eigenvalue weighted by molar-refractivity contribution is -0.119. The number of pyridine rings is 1. The number of halogens is 1. The molecule has 166 valence electrons. The zero-order chi connectivity index (χ0) is 23.2. The Morgan fingerprint density at radius 1 is 1.03 bits per heavy atom. The lowest BCUT2D eigenvalue weighted by atomic mass is 10.1. The molecule has 0 aliphatic rings. The average molecular weight is 445 g/mol. The predicted octanol–water partition coefficient (Wildman–Crippen LogP) is 3.23. The molecule has 0 fully saturated rings. The number of aromatic amines is 1. The second kappa shape index (κ2) is 9.73. The number of nitrogens with zero attached hydrogens (tertiary/aromatic N) is 2. The van der Waals surface area contributed by atoms with Gasteiger partial charge in [-0.25, -0.2) is 14.4 Å². The van der Waals surface area contributed by atoms with Crippen LogP contribution in [-0.4, -0.2) is 32.8 Å². The summed E-state index contributed by atoms with van der Waals surface area (Å²) in [7, 11) is 0. The van der Waals surface area contributed by atoms with Crippen molar-refractivity contribution in [3.63, 3.8) is 0 Å². The number of nitrogens with one attached hydrogen (secondary N) is 2. The number of aromatic nitrogens is 3. The molecule has 4 rings (SSSR count). The number of imidazole rings is 1. The summed E-state index contributed by atoms with van der Waals surface area (Å²) in [6.07, 6.45) is 3.23. The van der Waals surface area contributed by atoms with E-state index >= 15 is 0 Å². The van der Waals surface area contributed by atoms with Crippen LogP contribution in [0.25, 0.3) is 11.3 Å². The van der Waals surface area contributed by atoms with Gasteiger partial charge in [0.15, 0.2) is 0 Å². The van der Waals surface area contributed by atoms with Gasteiger partial charge in [0.05, 0.1) is 12.0 Å². The van der Waals surface area contributed by atoms with Gasteiger partial charge in [-0.1, -0.05) is 6.07 Å². The van der Waals surface area contributed by atoms with Gasteiger partial charge in [-0.15, -0.1) is 0 Å². The van der Waals surface area contributed by atoms with Crippen molar-refractivity contribution in [1.29, 1.82) is 0 Å². The Kier molecular flexibility index (Phi) is 6.40. The van der Waals surface area contributed by atoms with Crippen LogP contribution in [0.2, 0.25) is 0 Å². The molecule has 4 aromatic rings. The van der Waals surface area contributed by atoms with Gasteiger partial charge in [0.2, 0.25) is 5.91 Å². The lowest BCUT2D eigenvalue weighted by Crippen LogP contribution is -2.46. The Hall–Kier alpha value is -4.53. The summed E-state index contributed by atoms with van der Waals surface area (Å²) in [5, 5.41) is 2.62. The number of carbonyl (C=O) groups is 2. The van der Waals surface area contributed by atoms with Crippen LogP contribution in [0.15, 0.2) is 79.3 Å². The maximum absolute atomic E-state index is 13.0. The molecule has 0 unspecified atom stereocenters. The molecule has 0 radical (unpaired) electrons. The molecule has 2 aromatic carbocycles. The highest BCUT2D eigenvalue weighted by atomic mass is 19.1. The molecule has 0 saturated carbocycles. The molecule has 1 atom stereocenters. The number of rotatable bonds is 8. The third-order valence-corrected chi connectivity index (χ3v) is 4.81. The highest BCUT2D eigenvalue weighted by Crippen LogP contribution is 2.25. The fraction of sp³-hybridized carbons (Fsp3) is 0.0833. The van der Waals surface area contributed by atoms with E-state index in [1.54, 1.807) is 60.8 Å². The number of amides is 2. The van der Waals surface area contributed by atoms with Crippen LogP contribution in [0, 0.1) is 5.82 Å². The molecule has 2 heterocycles. The van der Waals surface area contributed by atoms with Crippen LogP contribution in [-0.2, 0) is 11.2 Å². The number of hydrogen-bond acceptors (Lipinski definition) is 5. The second-order valence-electron chi connectivity index (χ2n) is 7.20. The first-order chi connectivity index (χ1) is 16.0. The monoisotopic (exact) mass is 445 g/mol. The first-order valence-electron chi connectivity index (χ1n) is 10.1. The van der Waals surface area contributed by atoms with Crippen molar-refractivity contribution in [2.45, 2.75) is 12.5 Å². The van der Waals surface area contributed by atoms with E-state index in [9.17, 15) is 14.0 Å².